The second kappa shape index (κ2) is 6.86. The minimum absolute atomic E-state index is 0.0237. The van der Waals surface area contributed by atoms with E-state index in [2.05, 4.69) is 10.1 Å². The Hall–Kier alpha value is -2.63. The van der Waals surface area contributed by atoms with Crippen molar-refractivity contribution >= 4 is 27.7 Å². The summed E-state index contributed by atoms with van der Waals surface area (Å²) in [6, 6.07) is 7.72. The van der Waals surface area contributed by atoms with Gasteiger partial charge in [-0.2, -0.15) is 5.10 Å². The minimum atomic E-state index is -0.259. The quantitative estimate of drug-likeness (QED) is 0.756. The van der Waals surface area contributed by atoms with Crippen LogP contribution in [0.2, 0.25) is 0 Å². The highest BCUT2D eigenvalue weighted by Gasteiger charge is 2.16. The predicted molar refractivity (Wildman–Crippen MR) is 95.0 cm³/mol. The van der Waals surface area contributed by atoms with Gasteiger partial charge in [-0.15, -0.1) is 0 Å². The zero-order valence-corrected chi connectivity index (χ0v) is 14.1. The van der Waals surface area contributed by atoms with Crippen LogP contribution in [0.3, 0.4) is 0 Å². The van der Waals surface area contributed by atoms with Gasteiger partial charge in [0, 0.05) is 29.4 Å². The second-order valence-electron chi connectivity index (χ2n) is 5.95. The number of fused-ring (bicyclic) bond motifs is 3. The average Bonchev–Trinajstić information content (AvgIpc) is 2.96. The molecule has 0 unspecified atom stereocenters. The van der Waals surface area contributed by atoms with Crippen molar-refractivity contribution in [3.63, 3.8) is 0 Å². The van der Waals surface area contributed by atoms with Crippen molar-refractivity contribution in [1.82, 2.24) is 19.7 Å². The number of rotatable bonds is 6. The van der Waals surface area contributed by atoms with Crippen LogP contribution in [-0.2, 0) is 11.3 Å². The molecule has 1 amide bonds. The van der Waals surface area contributed by atoms with E-state index in [9.17, 15) is 9.59 Å². The van der Waals surface area contributed by atoms with Crippen molar-refractivity contribution in [2.75, 3.05) is 13.1 Å². The third-order valence-corrected chi connectivity index (χ3v) is 4.15. The monoisotopic (exact) mass is 326 g/mol. The van der Waals surface area contributed by atoms with Crippen LogP contribution in [-0.4, -0.2) is 38.7 Å². The highest BCUT2D eigenvalue weighted by atomic mass is 16.2. The van der Waals surface area contributed by atoms with Gasteiger partial charge in [-0.05, 0) is 18.9 Å². The second-order valence-corrected chi connectivity index (χ2v) is 5.95. The third kappa shape index (κ3) is 2.91. The molecule has 24 heavy (non-hydrogen) atoms. The van der Waals surface area contributed by atoms with E-state index in [0.717, 1.165) is 29.1 Å². The van der Waals surface area contributed by atoms with Crippen LogP contribution in [0.25, 0.3) is 21.8 Å². The van der Waals surface area contributed by atoms with Gasteiger partial charge >= 0.3 is 0 Å². The van der Waals surface area contributed by atoms with Gasteiger partial charge in [0.1, 0.15) is 12.1 Å². The van der Waals surface area contributed by atoms with Crippen LogP contribution in [0, 0.1) is 0 Å². The number of nitrogens with one attached hydrogen (secondary N) is 1. The predicted octanol–water partition coefficient (Wildman–Crippen LogP) is 2.53. The summed E-state index contributed by atoms with van der Waals surface area (Å²) >= 11 is 0. The molecule has 1 aromatic carbocycles. The third-order valence-electron chi connectivity index (χ3n) is 4.15. The van der Waals surface area contributed by atoms with Crippen LogP contribution < -0.4 is 5.56 Å². The van der Waals surface area contributed by atoms with Crippen molar-refractivity contribution < 1.29 is 4.79 Å². The summed E-state index contributed by atoms with van der Waals surface area (Å²) in [6.45, 7) is 5.46. The summed E-state index contributed by atoms with van der Waals surface area (Å²) in [5, 5.41) is 5.96. The summed E-state index contributed by atoms with van der Waals surface area (Å²) in [5.74, 6) is -0.0660. The van der Waals surface area contributed by atoms with E-state index in [1.54, 1.807) is 11.1 Å². The Morgan fingerprint density at radius 3 is 2.58 bits per heavy atom. The van der Waals surface area contributed by atoms with Gasteiger partial charge in [-0.3, -0.25) is 9.59 Å². The fourth-order valence-electron chi connectivity index (χ4n) is 3.02. The lowest BCUT2D eigenvalue weighted by Gasteiger charge is -2.21. The molecule has 0 aliphatic heterocycles. The molecule has 0 radical (unpaired) electrons. The number of carbonyl (C=O) groups is 1. The smallest absolute Gasteiger partial charge is 0.291 e. The number of amides is 1. The highest BCUT2D eigenvalue weighted by Crippen LogP contribution is 2.21. The molecule has 3 aromatic rings. The van der Waals surface area contributed by atoms with Gasteiger partial charge in [-0.1, -0.05) is 32.0 Å². The Balaban J connectivity index is 1.95. The van der Waals surface area contributed by atoms with Gasteiger partial charge in [0.05, 0.1) is 6.20 Å². The van der Waals surface area contributed by atoms with Gasteiger partial charge in [0.25, 0.3) is 5.56 Å². The Kier molecular flexibility index (Phi) is 4.64. The number of carbonyl (C=O) groups excluding carboxylic acids is 1. The number of aromatic amines is 1. The molecule has 3 rings (SSSR count). The fraction of sp³-hybridized carbons (Fsp3) is 0.389. The zero-order valence-electron chi connectivity index (χ0n) is 14.1. The number of hydrogen-bond donors (Lipinski definition) is 1. The normalized spacial score (nSPS) is 11.2. The standard InChI is InChI=1S/C18H22N4O2/c1-3-9-21(10-4-2)16(23)12-22-18(24)17-14(11-19-22)13-7-5-6-8-15(13)20-17/h5-8,11,20H,3-4,9-10,12H2,1-2H3. The summed E-state index contributed by atoms with van der Waals surface area (Å²) in [4.78, 5) is 30.1. The van der Waals surface area contributed by atoms with Crippen LogP contribution in [0.4, 0.5) is 0 Å². The average molecular weight is 326 g/mol. The van der Waals surface area contributed by atoms with Crippen LogP contribution in [0.1, 0.15) is 26.7 Å². The van der Waals surface area contributed by atoms with Gasteiger partial charge in [0.2, 0.25) is 5.91 Å². The summed E-state index contributed by atoms with van der Waals surface area (Å²) in [6.07, 6.45) is 3.46. The molecule has 6 nitrogen and oxygen atoms in total. The molecule has 0 atom stereocenters. The first-order valence-electron chi connectivity index (χ1n) is 8.40. The topological polar surface area (TPSA) is 71.0 Å². The molecule has 2 aromatic heterocycles. The van der Waals surface area contributed by atoms with Crippen molar-refractivity contribution in [3.8, 4) is 0 Å². The Morgan fingerprint density at radius 2 is 1.88 bits per heavy atom. The number of benzene rings is 1. The minimum Gasteiger partial charge on any atom is -0.350 e. The van der Waals surface area contributed by atoms with Crippen LogP contribution in [0.15, 0.2) is 35.3 Å². The molecule has 2 heterocycles. The van der Waals surface area contributed by atoms with Crippen molar-refractivity contribution in [1.29, 1.82) is 0 Å². The molecule has 0 saturated heterocycles. The van der Waals surface area contributed by atoms with E-state index < -0.39 is 0 Å². The first-order chi connectivity index (χ1) is 11.7. The highest BCUT2D eigenvalue weighted by molar-refractivity contribution is 6.06. The maximum absolute atomic E-state index is 12.7. The number of para-hydroxylation sites is 1. The molecule has 0 bridgehead atoms. The first-order valence-corrected chi connectivity index (χ1v) is 8.40. The van der Waals surface area contributed by atoms with E-state index in [-0.39, 0.29) is 18.0 Å². The van der Waals surface area contributed by atoms with E-state index in [0.29, 0.717) is 18.6 Å². The van der Waals surface area contributed by atoms with E-state index in [4.69, 9.17) is 0 Å². The molecule has 0 fully saturated rings. The molecule has 0 aliphatic rings. The summed E-state index contributed by atoms with van der Waals surface area (Å²) < 4.78 is 1.25. The van der Waals surface area contributed by atoms with Gasteiger partial charge in [0.15, 0.2) is 0 Å². The van der Waals surface area contributed by atoms with Gasteiger partial charge < -0.3 is 9.88 Å². The molecule has 1 N–H and O–H groups in total. The number of H-pyrrole nitrogens is 1. The molecular weight excluding hydrogens is 304 g/mol. The van der Waals surface area contributed by atoms with Gasteiger partial charge in [-0.25, -0.2) is 4.68 Å². The van der Waals surface area contributed by atoms with Crippen molar-refractivity contribution in [3.05, 3.63) is 40.8 Å². The number of hydrogen-bond acceptors (Lipinski definition) is 3. The lowest BCUT2D eigenvalue weighted by Crippen LogP contribution is -2.38. The largest absolute Gasteiger partial charge is 0.350 e. The molecule has 0 aliphatic carbocycles. The number of aromatic nitrogens is 3. The molecule has 6 heteroatoms. The van der Waals surface area contributed by atoms with E-state index in [1.165, 1.54) is 4.68 Å². The SMILES string of the molecule is CCCN(CCC)C(=O)Cn1ncc2c([nH]c3ccccc32)c1=O. The molecule has 0 saturated carbocycles. The Labute approximate surface area is 140 Å². The number of nitrogens with zero attached hydrogens (tertiary/aromatic N) is 3. The van der Waals surface area contributed by atoms with Crippen LogP contribution >= 0.6 is 0 Å². The fourth-order valence-corrected chi connectivity index (χ4v) is 3.02. The van der Waals surface area contributed by atoms with Crippen molar-refractivity contribution in [2.24, 2.45) is 0 Å². The summed E-state index contributed by atoms with van der Waals surface area (Å²) in [5.41, 5.74) is 1.13. The zero-order chi connectivity index (χ0) is 17.1. The van der Waals surface area contributed by atoms with Crippen molar-refractivity contribution in [2.45, 2.75) is 33.2 Å². The molecular formula is C18H22N4O2. The molecule has 0 spiro atoms. The van der Waals surface area contributed by atoms with E-state index >= 15 is 0 Å². The Bertz CT molecular complexity index is 920. The van der Waals surface area contributed by atoms with Crippen LogP contribution in [0.5, 0.6) is 0 Å². The Morgan fingerprint density at radius 1 is 1.17 bits per heavy atom. The lowest BCUT2D eigenvalue weighted by atomic mass is 10.2. The lowest BCUT2D eigenvalue weighted by molar-refractivity contribution is -0.132. The maximum atomic E-state index is 12.7. The molecule has 126 valence electrons. The maximum Gasteiger partial charge on any atom is 0.291 e. The summed E-state index contributed by atoms with van der Waals surface area (Å²) in [7, 11) is 0. The first kappa shape index (κ1) is 16.2. The van der Waals surface area contributed by atoms with E-state index in [1.807, 2.05) is 38.1 Å².